The number of nitrogens with zero attached hydrogens (tertiary/aromatic N) is 4. The van der Waals surface area contributed by atoms with Crippen LogP contribution in [0.2, 0.25) is 0 Å². The number of hydrogen-bond acceptors (Lipinski definition) is 4. The summed E-state index contributed by atoms with van der Waals surface area (Å²) in [5, 5.41) is 2.92. The fourth-order valence-corrected chi connectivity index (χ4v) is 2.99. The molecule has 0 fully saturated rings. The first kappa shape index (κ1) is 17.8. The standard InChI is InChI=1S/C20H19FN6O/c1-13-11-27(12-24-13)10-2-8-23-20(28)16-7-9-22-19-17(16)25-18(26-19)14-3-5-15(21)6-4-14/h3-7,9,11-12H,2,8,10H2,1H3,(H,23,28)(H,22,25,26). The van der Waals surface area contributed by atoms with Gasteiger partial charge in [-0.15, -0.1) is 0 Å². The molecule has 7 nitrogen and oxygen atoms in total. The molecular weight excluding hydrogens is 359 g/mol. The number of aryl methyl sites for hydroxylation is 2. The molecule has 0 saturated carbocycles. The van der Waals surface area contributed by atoms with Crippen molar-refractivity contribution in [2.24, 2.45) is 0 Å². The molecule has 4 aromatic rings. The van der Waals surface area contributed by atoms with Gasteiger partial charge >= 0.3 is 0 Å². The predicted molar refractivity (Wildman–Crippen MR) is 103 cm³/mol. The lowest BCUT2D eigenvalue weighted by molar-refractivity contribution is 0.0954. The molecule has 0 aliphatic rings. The zero-order valence-corrected chi connectivity index (χ0v) is 15.3. The number of imidazole rings is 2. The summed E-state index contributed by atoms with van der Waals surface area (Å²) < 4.78 is 15.1. The van der Waals surface area contributed by atoms with Crippen LogP contribution >= 0.6 is 0 Å². The molecule has 0 atom stereocenters. The number of H-pyrrole nitrogens is 1. The minimum absolute atomic E-state index is 0.202. The number of fused-ring (bicyclic) bond motifs is 1. The Labute approximate surface area is 160 Å². The van der Waals surface area contributed by atoms with Crippen molar-refractivity contribution in [3.8, 4) is 11.4 Å². The van der Waals surface area contributed by atoms with Crippen molar-refractivity contribution in [2.45, 2.75) is 19.9 Å². The minimum atomic E-state index is -0.316. The van der Waals surface area contributed by atoms with Crippen LogP contribution in [-0.2, 0) is 6.54 Å². The Kier molecular flexibility index (Phi) is 4.84. The molecule has 8 heteroatoms. The van der Waals surface area contributed by atoms with Gasteiger partial charge in [0.2, 0.25) is 0 Å². The summed E-state index contributed by atoms with van der Waals surface area (Å²) in [7, 11) is 0. The van der Waals surface area contributed by atoms with Crippen molar-refractivity contribution in [1.82, 2.24) is 29.8 Å². The van der Waals surface area contributed by atoms with E-state index < -0.39 is 0 Å². The van der Waals surface area contributed by atoms with Gasteiger partial charge in [0.25, 0.3) is 5.91 Å². The Balaban J connectivity index is 1.46. The van der Waals surface area contributed by atoms with Gasteiger partial charge in [-0.05, 0) is 43.7 Å². The smallest absolute Gasteiger partial charge is 0.253 e. The summed E-state index contributed by atoms with van der Waals surface area (Å²) in [5.74, 6) is 0.0218. The van der Waals surface area contributed by atoms with Crippen molar-refractivity contribution in [3.05, 3.63) is 66.1 Å². The molecule has 2 N–H and O–H groups in total. The third-order valence-electron chi connectivity index (χ3n) is 4.39. The number of aromatic amines is 1. The van der Waals surface area contributed by atoms with Crippen molar-refractivity contribution in [2.75, 3.05) is 6.54 Å². The molecule has 1 amide bonds. The van der Waals surface area contributed by atoms with E-state index in [4.69, 9.17) is 0 Å². The third-order valence-corrected chi connectivity index (χ3v) is 4.39. The topological polar surface area (TPSA) is 88.5 Å². The number of amides is 1. The maximum Gasteiger partial charge on any atom is 0.253 e. The molecule has 0 radical (unpaired) electrons. The van der Waals surface area contributed by atoms with E-state index in [2.05, 4.69) is 25.3 Å². The molecule has 3 aromatic heterocycles. The average Bonchev–Trinajstić information content (AvgIpc) is 3.31. The van der Waals surface area contributed by atoms with Crippen LogP contribution in [0.3, 0.4) is 0 Å². The van der Waals surface area contributed by atoms with E-state index in [1.807, 2.05) is 17.7 Å². The SMILES string of the molecule is Cc1cn(CCCNC(=O)c2ccnc3[nH]c(-c4ccc(F)cc4)nc23)cn1. The third kappa shape index (κ3) is 3.75. The lowest BCUT2D eigenvalue weighted by Gasteiger charge is -2.06. The van der Waals surface area contributed by atoms with Gasteiger partial charge in [-0.2, -0.15) is 0 Å². The van der Waals surface area contributed by atoms with Crippen LogP contribution in [0.5, 0.6) is 0 Å². The Morgan fingerprint density at radius 2 is 2.04 bits per heavy atom. The number of halogens is 1. The molecule has 0 bridgehead atoms. The Hall–Kier alpha value is -3.55. The highest BCUT2D eigenvalue weighted by Gasteiger charge is 2.15. The number of rotatable bonds is 6. The van der Waals surface area contributed by atoms with Gasteiger partial charge in [0, 0.05) is 31.0 Å². The molecule has 0 aliphatic heterocycles. The molecule has 0 unspecified atom stereocenters. The summed E-state index contributed by atoms with van der Waals surface area (Å²) in [5.41, 5.74) is 3.15. The fraction of sp³-hybridized carbons (Fsp3) is 0.200. The summed E-state index contributed by atoms with van der Waals surface area (Å²) in [6, 6.07) is 7.64. The summed E-state index contributed by atoms with van der Waals surface area (Å²) in [6.45, 7) is 3.26. The summed E-state index contributed by atoms with van der Waals surface area (Å²) in [4.78, 5) is 28.6. The molecule has 142 valence electrons. The number of aromatic nitrogens is 5. The number of pyridine rings is 1. The quantitative estimate of drug-likeness (QED) is 0.505. The largest absolute Gasteiger partial charge is 0.352 e. The highest BCUT2D eigenvalue weighted by Crippen LogP contribution is 2.21. The van der Waals surface area contributed by atoms with E-state index in [0.29, 0.717) is 29.1 Å². The van der Waals surface area contributed by atoms with Gasteiger partial charge in [-0.1, -0.05) is 0 Å². The Morgan fingerprint density at radius 1 is 1.21 bits per heavy atom. The first-order valence-electron chi connectivity index (χ1n) is 8.97. The van der Waals surface area contributed by atoms with E-state index in [-0.39, 0.29) is 11.7 Å². The van der Waals surface area contributed by atoms with Crippen LogP contribution in [0.4, 0.5) is 4.39 Å². The lowest BCUT2D eigenvalue weighted by atomic mass is 10.2. The van der Waals surface area contributed by atoms with Crippen LogP contribution < -0.4 is 5.32 Å². The van der Waals surface area contributed by atoms with Gasteiger partial charge in [0.05, 0.1) is 17.6 Å². The fourth-order valence-electron chi connectivity index (χ4n) is 2.99. The monoisotopic (exact) mass is 378 g/mol. The van der Waals surface area contributed by atoms with Crippen molar-refractivity contribution < 1.29 is 9.18 Å². The van der Waals surface area contributed by atoms with Crippen LogP contribution in [0.1, 0.15) is 22.5 Å². The number of hydrogen-bond donors (Lipinski definition) is 2. The number of benzene rings is 1. The molecule has 4 rings (SSSR count). The molecule has 0 aliphatic carbocycles. The van der Waals surface area contributed by atoms with Crippen molar-refractivity contribution >= 4 is 17.1 Å². The molecular formula is C20H19FN6O. The Bertz CT molecular complexity index is 1120. The first-order chi connectivity index (χ1) is 13.6. The second-order valence-electron chi connectivity index (χ2n) is 6.51. The minimum Gasteiger partial charge on any atom is -0.352 e. The maximum atomic E-state index is 13.1. The second-order valence-corrected chi connectivity index (χ2v) is 6.51. The van der Waals surface area contributed by atoms with Gasteiger partial charge in [-0.25, -0.2) is 19.3 Å². The van der Waals surface area contributed by atoms with E-state index in [9.17, 15) is 9.18 Å². The van der Waals surface area contributed by atoms with Gasteiger partial charge in [0.15, 0.2) is 5.65 Å². The number of carbonyl (C=O) groups is 1. The number of nitrogens with one attached hydrogen (secondary N) is 2. The molecule has 0 saturated heterocycles. The van der Waals surface area contributed by atoms with E-state index in [0.717, 1.165) is 24.2 Å². The summed E-state index contributed by atoms with van der Waals surface area (Å²) in [6.07, 6.45) is 6.11. The van der Waals surface area contributed by atoms with E-state index >= 15 is 0 Å². The maximum absolute atomic E-state index is 13.1. The van der Waals surface area contributed by atoms with Gasteiger partial charge in [0.1, 0.15) is 17.2 Å². The molecule has 3 heterocycles. The van der Waals surface area contributed by atoms with Crippen molar-refractivity contribution in [1.29, 1.82) is 0 Å². The van der Waals surface area contributed by atoms with Crippen LogP contribution in [0, 0.1) is 12.7 Å². The Morgan fingerprint density at radius 3 is 2.79 bits per heavy atom. The highest BCUT2D eigenvalue weighted by molar-refractivity contribution is 6.04. The normalized spacial score (nSPS) is 11.1. The highest BCUT2D eigenvalue weighted by atomic mass is 19.1. The first-order valence-corrected chi connectivity index (χ1v) is 8.97. The van der Waals surface area contributed by atoms with Crippen LogP contribution in [0.15, 0.2) is 49.1 Å². The zero-order valence-electron chi connectivity index (χ0n) is 15.3. The van der Waals surface area contributed by atoms with Gasteiger partial charge in [-0.3, -0.25) is 4.79 Å². The van der Waals surface area contributed by atoms with Gasteiger partial charge < -0.3 is 14.9 Å². The van der Waals surface area contributed by atoms with E-state index in [1.54, 1.807) is 30.7 Å². The number of carbonyl (C=O) groups excluding carboxylic acids is 1. The molecule has 0 spiro atoms. The lowest BCUT2D eigenvalue weighted by Crippen LogP contribution is -2.25. The second kappa shape index (κ2) is 7.59. The van der Waals surface area contributed by atoms with Crippen LogP contribution in [-0.4, -0.2) is 37.0 Å². The average molecular weight is 378 g/mol. The van der Waals surface area contributed by atoms with Crippen LogP contribution in [0.25, 0.3) is 22.6 Å². The van der Waals surface area contributed by atoms with Crippen molar-refractivity contribution in [3.63, 3.8) is 0 Å². The predicted octanol–water partition coefficient (Wildman–Crippen LogP) is 3.09. The van der Waals surface area contributed by atoms with E-state index in [1.165, 1.54) is 12.1 Å². The summed E-state index contributed by atoms with van der Waals surface area (Å²) >= 11 is 0. The zero-order chi connectivity index (χ0) is 19.5. The molecule has 1 aromatic carbocycles. The molecule has 28 heavy (non-hydrogen) atoms.